The van der Waals surface area contributed by atoms with Gasteiger partial charge in [0, 0.05) is 56.6 Å². The van der Waals surface area contributed by atoms with E-state index in [-0.39, 0.29) is 28.8 Å². The molecule has 6 nitrogen and oxygen atoms in total. The lowest BCUT2D eigenvalue weighted by atomic mass is 9.37. The number of carbonyl (C=O) groups is 1. The monoisotopic (exact) mass is 558 g/mol. The molecule has 1 amide bonds. The Balaban J connectivity index is 1.35. The first kappa shape index (κ1) is 27.3. The Morgan fingerprint density at radius 3 is 2.51 bits per heavy atom. The summed E-state index contributed by atoms with van der Waals surface area (Å²) >= 11 is 0. The van der Waals surface area contributed by atoms with E-state index in [9.17, 15) is 4.79 Å². The maximum atomic E-state index is 13.1. The molecule has 1 aliphatic heterocycles. The van der Waals surface area contributed by atoms with E-state index in [0.29, 0.717) is 19.1 Å². The molecule has 41 heavy (non-hydrogen) atoms. The predicted octanol–water partition coefficient (Wildman–Crippen LogP) is 5.60. The van der Waals surface area contributed by atoms with Crippen LogP contribution in [0.5, 0.6) is 11.5 Å². The minimum Gasteiger partial charge on any atom is -0.493 e. The molecule has 2 bridgehead atoms. The van der Waals surface area contributed by atoms with Gasteiger partial charge in [-0.25, -0.2) is 0 Å². The van der Waals surface area contributed by atoms with Gasteiger partial charge in [0.15, 0.2) is 11.5 Å². The lowest BCUT2D eigenvalue weighted by molar-refractivity contribution is -0.261. The third-order valence-corrected chi connectivity index (χ3v) is 12.0. The largest absolute Gasteiger partial charge is 0.493 e. The number of carbonyl (C=O) groups excluding carboxylic acids is 1. The molecule has 4 saturated carbocycles. The van der Waals surface area contributed by atoms with E-state index in [4.69, 9.17) is 14.2 Å². The molecule has 4 fully saturated rings. The molecular formula is C35H46N2O4. The molecule has 6 atom stereocenters. The summed E-state index contributed by atoms with van der Waals surface area (Å²) in [5.41, 5.74) is 3.32. The van der Waals surface area contributed by atoms with Gasteiger partial charge in [-0.15, -0.1) is 0 Å². The third kappa shape index (κ3) is 3.78. The Kier molecular flexibility index (Phi) is 6.48. The highest BCUT2D eigenvalue weighted by atomic mass is 16.6. The van der Waals surface area contributed by atoms with Gasteiger partial charge in [-0.1, -0.05) is 50.2 Å². The van der Waals surface area contributed by atoms with Gasteiger partial charge in [-0.2, -0.15) is 0 Å². The van der Waals surface area contributed by atoms with Crippen LogP contribution in [0, 0.1) is 17.3 Å². The summed E-state index contributed by atoms with van der Waals surface area (Å²) in [7, 11) is 3.62. The Labute approximate surface area is 245 Å². The summed E-state index contributed by atoms with van der Waals surface area (Å²) in [4.78, 5) is 18.0. The smallest absolute Gasteiger partial charge is 0.219 e. The van der Waals surface area contributed by atoms with Crippen molar-refractivity contribution in [1.29, 1.82) is 0 Å². The summed E-state index contributed by atoms with van der Waals surface area (Å²) in [5, 5.41) is 0. The van der Waals surface area contributed by atoms with Crippen LogP contribution in [-0.4, -0.2) is 67.3 Å². The van der Waals surface area contributed by atoms with Crippen molar-refractivity contribution in [2.24, 2.45) is 17.3 Å². The van der Waals surface area contributed by atoms with Crippen molar-refractivity contribution in [1.82, 2.24) is 9.80 Å². The summed E-state index contributed by atoms with van der Waals surface area (Å²) in [6, 6.07) is 15.2. The van der Waals surface area contributed by atoms with E-state index in [1.807, 2.05) is 18.1 Å². The molecule has 1 spiro atoms. The van der Waals surface area contributed by atoms with Crippen LogP contribution < -0.4 is 9.47 Å². The Morgan fingerprint density at radius 2 is 1.85 bits per heavy atom. The fraction of sp³-hybridized carbons (Fsp3) is 0.629. The number of fused-ring (bicyclic) bond motifs is 2. The van der Waals surface area contributed by atoms with Crippen LogP contribution in [0.4, 0.5) is 0 Å². The van der Waals surface area contributed by atoms with Gasteiger partial charge in [0.05, 0.1) is 7.11 Å². The van der Waals surface area contributed by atoms with Crippen molar-refractivity contribution in [3.63, 3.8) is 0 Å². The van der Waals surface area contributed by atoms with Crippen LogP contribution in [0.25, 0.3) is 0 Å². The van der Waals surface area contributed by atoms with E-state index in [1.165, 1.54) is 30.5 Å². The summed E-state index contributed by atoms with van der Waals surface area (Å²) < 4.78 is 19.7. The second kappa shape index (κ2) is 9.74. The first-order chi connectivity index (χ1) is 19.8. The highest BCUT2D eigenvalue weighted by molar-refractivity contribution is 5.73. The minimum absolute atomic E-state index is 0.0351. The van der Waals surface area contributed by atoms with Crippen molar-refractivity contribution < 1.29 is 19.0 Å². The zero-order valence-electron chi connectivity index (χ0n) is 25.4. The number of likely N-dealkylation sites (N-methyl/N-ethyl adjacent to an activating group) is 1. The molecule has 6 heteroatoms. The van der Waals surface area contributed by atoms with E-state index in [2.05, 4.69) is 55.1 Å². The Morgan fingerprint density at radius 1 is 1.07 bits per heavy atom. The van der Waals surface area contributed by atoms with Crippen LogP contribution in [0.1, 0.15) is 69.6 Å². The van der Waals surface area contributed by atoms with Crippen LogP contribution in [0.2, 0.25) is 0 Å². The number of hydrogen-bond donors (Lipinski definition) is 0. The molecule has 0 aromatic heterocycles. The van der Waals surface area contributed by atoms with Crippen LogP contribution in [0.15, 0.2) is 42.5 Å². The molecule has 5 aliphatic carbocycles. The number of benzene rings is 2. The zero-order chi connectivity index (χ0) is 28.6. The molecule has 1 heterocycles. The average molecular weight is 559 g/mol. The number of methoxy groups -OCH3 is 2. The van der Waals surface area contributed by atoms with Crippen LogP contribution in [0.3, 0.4) is 0 Å². The molecule has 2 aromatic rings. The molecule has 1 unspecified atom stereocenters. The van der Waals surface area contributed by atoms with Crippen molar-refractivity contribution in [3.8, 4) is 11.5 Å². The minimum atomic E-state index is -0.475. The highest BCUT2D eigenvalue weighted by Crippen LogP contribution is 2.74. The molecule has 6 aliphatic rings. The van der Waals surface area contributed by atoms with Crippen molar-refractivity contribution in [3.05, 3.63) is 59.2 Å². The molecule has 0 N–H and O–H groups in total. The lowest BCUT2D eigenvalue weighted by Crippen LogP contribution is -2.78. The highest BCUT2D eigenvalue weighted by Gasteiger charge is 2.78. The normalized spacial score (nSPS) is 34.3. The maximum absolute atomic E-state index is 13.1. The first-order valence-electron chi connectivity index (χ1n) is 15.8. The van der Waals surface area contributed by atoms with Gasteiger partial charge < -0.3 is 19.1 Å². The standard InChI is InChI=1S/C35H46N2O4/c1-6-36(20-25-12-13-25)29-18-26-14-15-28(39-4)31-30(26)33(3)32(41-31)35(40-5)17-16-34(29,33)19-27(35)22-37(23(2)38)21-24-10-8-7-9-11-24/h7-11,14-15,25,27,29,32H,6,12-13,16-22H2,1-5H3/t27-,29-,32-,33?,34-,35-/m1/s1. The molecule has 8 rings (SSSR count). The molecule has 0 saturated heterocycles. The summed E-state index contributed by atoms with van der Waals surface area (Å²) in [5.74, 6) is 2.89. The zero-order valence-corrected chi connectivity index (χ0v) is 25.4. The number of ether oxygens (including phenoxy) is 3. The quantitative estimate of drug-likeness (QED) is 0.380. The van der Waals surface area contributed by atoms with Crippen LogP contribution in [-0.2, 0) is 27.9 Å². The molecule has 220 valence electrons. The number of rotatable bonds is 10. The van der Waals surface area contributed by atoms with E-state index < -0.39 is 5.60 Å². The van der Waals surface area contributed by atoms with Crippen molar-refractivity contribution in [2.45, 2.75) is 89.0 Å². The van der Waals surface area contributed by atoms with Gasteiger partial charge in [-0.05, 0) is 73.6 Å². The van der Waals surface area contributed by atoms with E-state index in [0.717, 1.165) is 55.2 Å². The maximum Gasteiger partial charge on any atom is 0.219 e. The lowest BCUT2D eigenvalue weighted by Gasteiger charge is -2.71. The van der Waals surface area contributed by atoms with Crippen molar-refractivity contribution >= 4 is 5.91 Å². The second-order valence-electron chi connectivity index (χ2n) is 13.7. The van der Waals surface area contributed by atoms with E-state index in [1.54, 1.807) is 14.0 Å². The van der Waals surface area contributed by atoms with Gasteiger partial charge in [-0.3, -0.25) is 9.69 Å². The van der Waals surface area contributed by atoms with Gasteiger partial charge >= 0.3 is 0 Å². The van der Waals surface area contributed by atoms with Gasteiger partial charge in [0.2, 0.25) is 5.91 Å². The molecule has 2 aromatic carbocycles. The SMILES string of the molecule is CCN(CC1CC1)[C@@H]1Cc2ccc(OC)c3c2C2(C)[C@@H](O3)[C@@]3(OC)CC[C@@]12C[C@@H]3CN(Cc1ccccc1)C(C)=O. The van der Waals surface area contributed by atoms with Crippen molar-refractivity contribution in [2.75, 3.05) is 33.9 Å². The third-order valence-electron chi connectivity index (χ3n) is 12.0. The van der Waals surface area contributed by atoms with Gasteiger partial charge in [0.1, 0.15) is 11.7 Å². The predicted molar refractivity (Wildman–Crippen MR) is 159 cm³/mol. The average Bonchev–Trinajstić information content (AvgIpc) is 3.74. The summed E-state index contributed by atoms with van der Waals surface area (Å²) in [6.45, 7) is 10.1. The van der Waals surface area contributed by atoms with Gasteiger partial charge in [0.25, 0.3) is 0 Å². The first-order valence-corrected chi connectivity index (χ1v) is 15.8. The van der Waals surface area contributed by atoms with Crippen LogP contribution >= 0.6 is 0 Å². The molecular weight excluding hydrogens is 512 g/mol. The fourth-order valence-electron chi connectivity index (χ4n) is 9.85. The second-order valence-corrected chi connectivity index (χ2v) is 13.7. The fourth-order valence-corrected chi connectivity index (χ4v) is 9.85. The Bertz CT molecular complexity index is 1330. The number of nitrogens with zero attached hydrogens (tertiary/aromatic N) is 2. The summed E-state index contributed by atoms with van der Waals surface area (Å²) in [6.07, 6.45) is 6.76. The molecule has 0 radical (unpaired) electrons. The Hall–Kier alpha value is -2.57. The topological polar surface area (TPSA) is 51.2 Å². The van der Waals surface area contributed by atoms with E-state index >= 15 is 0 Å². The number of amides is 1. The number of hydrogen-bond acceptors (Lipinski definition) is 5.